The minimum Gasteiger partial charge on any atom is -0.316 e. The van der Waals surface area contributed by atoms with Crippen molar-refractivity contribution in [1.82, 2.24) is 5.32 Å². The van der Waals surface area contributed by atoms with Crippen LogP contribution in [0.25, 0.3) is 0 Å². The molecule has 2 rings (SSSR count). The Balaban J connectivity index is 1.51. The first-order chi connectivity index (χ1) is 9.38. The maximum atomic E-state index is 3.64. The highest BCUT2D eigenvalue weighted by Crippen LogP contribution is 2.30. The molecule has 0 radical (unpaired) electrons. The molecule has 1 saturated carbocycles. The summed E-state index contributed by atoms with van der Waals surface area (Å²) in [4.78, 5) is 1.38. The van der Waals surface area contributed by atoms with Crippen molar-refractivity contribution in [2.45, 2.75) is 43.9 Å². The highest BCUT2D eigenvalue weighted by atomic mass is 32.2. The van der Waals surface area contributed by atoms with E-state index in [1.165, 1.54) is 49.3 Å². The second-order valence-corrected chi connectivity index (χ2v) is 6.83. The van der Waals surface area contributed by atoms with Gasteiger partial charge in [-0.05, 0) is 43.4 Å². The molecule has 0 atom stereocenters. The summed E-state index contributed by atoms with van der Waals surface area (Å²) in [6.07, 6.45) is 7.19. The van der Waals surface area contributed by atoms with E-state index in [9.17, 15) is 0 Å². The summed E-state index contributed by atoms with van der Waals surface area (Å²) in [5, 5.41) is 3.64. The van der Waals surface area contributed by atoms with Crippen LogP contribution >= 0.6 is 11.8 Å². The zero-order valence-electron chi connectivity index (χ0n) is 12.1. The van der Waals surface area contributed by atoms with E-state index in [2.05, 4.69) is 42.6 Å². The highest BCUT2D eigenvalue weighted by Gasteiger charge is 2.19. The third-order valence-electron chi connectivity index (χ3n) is 4.27. The molecule has 0 heterocycles. The summed E-state index contributed by atoms with van der Waals surface area (Å²) in [7, 11) is 0. The van der Waals surface area contributed by atoms with Crippen molar-refractivity contribution < 1.29 is 0 Å². The van der Waals surface area contributed by atoms with Crippen LogP contribution in [0.1, 0.15) is 39.0 Å². The first-order valence-electron chi connectivity index (χ1n) is 7.77. The molecule has 0 aliphatic heterocycles. The van der Waals surface area contributed by atoms with Crippen LogP contribution in [-0.4, -0.2) is 18.8 Å². The zero-order valence-corrected chi connectivity index (χ0v) is 12.9. The summed E-state index contributed by atoms with van der Waals surface area (Å²) in [6, 6.07) is 10.7. The van der Waals surface area contributed by atoms with Gasteiger partial charge in [0, 0.05) is 17.2 Å². The molecule has 0 saturated heterocycles. The second kappa shape index (κ2) is 8.65. The molecule has 19 heavy (non-hydrogen) atoms. The standard InChI is InChI=1S/C17H27NS/c1-2-15-8-10-16(11-9-15)14-18-12-13-19-17-6-4-3-5-7-17/h3-7,15-16,18H,2,8-14H2,1H3. The van der Waals surface area contributed by atoms with Crippen LogP contribution in [0.5, 0.6) is 0 Å². The smallest absolute Gasteiger partial charge is 0.0106 e. The average Bonchev–Trinajstić information content (AvgIpc) is 2.49. The first kappa shape index (κ1) is 14.9. The lowest BCUT2D eigenvalue weighted by molar-refractivity contribution is 0.264. The van der Waals surface area contributed by atoms with Gasteiger partial charge >= 0.3 is 0 Å². The van der Waals surface area contributed by atoms with Gasteiger partial charge in [-0.2, -0.15) is 0 Å². The molecule has 0 bridgehead atoms. The van der Waals surface area contributed by atoms with Gasteiger partial charge in [0.1, 0.15) is 0 Å². The van der Waals surface area contributed by atoms with Crippen LogP contribution in [-0.2, 0) is 0 Å². The highest BCUT2D eigenvalue weighted by molar-refractivity contribution is 7.99. The molecular weight excluding hydrogens is 250 g/mol. The van der Waals surface area contributed by atoms with Gasteiger partial charge in [0.25, 0.3) is 0 Å². The number of benzene rings is 1. The predicted octanol–water partition coefficient (Wildman–Crippen LogP) is 4.58. The summed E-state index contributed by atoms with van der Waals surface area (Å²) in [5.74, 6) is 3.13. The molecule has 2 heteroatoms. The van der Waals surface area contributed by atoms with Gasteiger partial charge in [0.15, 0.2) is 0 Å². The van der Waals surface area contributed by atoms with Gasteiger partial charge in [-0.3, -0.25) is 0 Å². The fraction of sp³-hybridized carbons (Fsp3) is 0.647. The molecule has 1 nitrogen and oxygen atoms in total. The van der Waals surface area contributed by atoms with Gasteiger partial charge in [-0.25, -0.2) is 0 Å². The molecule has 0 aromatic heterocycles. The zero-order chi connectivity index (χ0) is 13.3. The van der Waals surface area contributed by atoms with Crippen molar-refractivity contribution in [1.29, 1.82) is 0 Å². The van der Waals surface area contributed by atoms with Gasteiger partial charge < -0.3 is 5.32 Å². The van der Waals surface area contributed by atoms with Crippen LogP contribution in [0, 0.1) is 11.8 Å². The molecular formula is C17H27NS. The van der Waals surface area contributed by atoms with Crippen molar-refractivity contribution in [3.63, 3.8) is 0 Å². The van der Waals surface area contributed by atoms with E-state index in [4.69, 9.17) is 0 Å². The number of hydrogen-bond donors (Lipinski definition) is 1. The van der Waals surface area contributed by atoms with Gasteiger partial charge in [-0.1, -0.05) is 44.4 Å². The van der Waals surface area contributed by atoms with Crippen molar-refractivity contribution in [2.75, 3.05) is 18.8 Å². The number of thioether (sulfide) groups is 1. The fourth-order valence-corrected chi connectivity index (χ4v) is 3.74. The molecule has 1 aliphatic rings. The third-order valence-corrected chi connectivity index (χ3v) is 5.28. The van der Waals surface area contributed by atoms with E-state index in [0.717, 1.165) is 18.4 Å². The number of hydrogen-bond acceptors (Lipinski definition) is 2. The van der Waals surface area contributed by atoms with Gasteiger partial charge in [0.05, 0.1) is 0 Å². The van der Waals surface area contributed by atoms with Crippen molar-refractivity contribution >= 4 is 11.8 Å². The quantitative estimate of drug-likeness (QED) is 0.578. The fourth-order valence-electron chi connectivity index (χ4n) is 2.91. The van der Waals surface area contributed by atoms with E-state index in [1.807, 2.05) is 11.8 Å². The van der Waals surface area contributed by atoms with E-state index in [-0.39, 0.29) is 0 Å². The topological polar surface area (TPSA) is 12.0 Å². The third kappa shape index (κ3) is 5.58. The molecule has 1 aromatic carbocycles. The summed E-state index contributed by atoms with van der Waals surface area (Å²) in [5.41, 5.74) is 0. The Bertz CT molecular complexity index is 330. The first-order valence-corrected chi connectivity index (χ1v) is 8.75. The minimum atomic E-state index is 0.935. The lowest BCUT2D eigenvalue weighted by Crippen LogP contribution is -2.27. The molecule has 1 fully saturated rings. The molecule has 0 amide bonds. The largest absolute Gasteiger partial charge is 0.316 e. The van der Waals surface area contributed by atoms with Gasteiger partial charge in [-0.15, -0.1) is 11.8 Å². The SMILES string of the molecule is CCC1CCC(CNCCSc2ccccc2)CC1. The van der Waals surface area contributed by atoms with Crippen LogP contribution in [0.4, 0.5) is 0 Å². The Kier molecular flexibility index (Phi) is 6.80. The molecule has 0 spiro atoms. The maximum absolute atomic E-state index is 3.64. The Morgan fingerprint density at radius 1 is 1.05 bits per heavy atom. The van der Waals surface area contributed by atoms with Crippen LogP contribution in [0.2, 0.25) is 0 Å². The van der Waals surface area contributed by atoms with E-state index in [0.29, 0.717) is 0 Å². The van der Waals surface area contributed by atoms with Crippen LogP contribution in [0.15, 0.2) is 35.2 Å². The lowest BCUT2D eigenvalue weighted by Gasteiger charge is -2.27. The van der Waals surface area contributed by atoms with E-state index < -0.39 is 0 Å². The maximum Gasteiger partial charge on any atom is 0.0106 e. The number of rotatable bonds is 7. The normalized spacial score (nSPS) is 23.4. The Labute approximate surface area is 122 Å². The monoisotopic (exact) mass is 277 g/mol. The Hall–Kier alpha value is -0.470. The summed E-state index contributed by atoms with van der Waals surface area (Å²) in [6.45, 7) is 4.70. The van der Waals surface area contributed by atoms with Gasteiger partial charge in [0.2, 0.25) is 0 Å². The van der Waals surface area contributed by atoms with Crippen LogP contribution in [0.3, 0.4) is 0 Å². The van der Waals surface area contributed by atoms with E-state index in [1.54, 1.807) is 0 Å². The summed E-state index contributed by atoms with van der Waals surface area (Å²) >= 11 is 1.95. The van der Waals surface area contributed by atoms with Crippen LogP contribution < -0.4 is 5.32 Å². The summed E-state index contributed by atoms with van der Waals surface area (Å²) < 4.78 is 0. The minimum absolute atomic E-state index is 0.935. The Morgan fingerprint density at radius 2 is 1.74 bits per heavy atom. The molecule has 106 valence electrons. The average molecular weight is 277 g/mol. The van der Waals surface area contributed by atoms with E-state index >= 15 is 0 Å². The predicted molar refractivity (Wildman–Crippen MR) is 85.8 cm³/mol. The van der Waals surface area contributed by atoms with Crippen molar-refractivity contribution in [2.24, 2.45) is 11.8 Å². The molecule has 0 unspecified atom stereocenters. The molecule has 1 aliphatic carbocycles. The van der Waals surface area contributed by atoms with Crippen molar-refractivity contribution in [3.8, 4) is 0 Å². The molecule has 1 aromatic rings. The molecule has 1 N–H and O–H groups in total. The lowest BCUT2D eigenvalue weighted by atomic mass is 9.81. The second-order valence-electron chi connectivity index (χ2n) is 5.66. The number of nitrogens with one attached hydrogen (secondary N) is 1. The Morgan fingerprint density at radius 3 is 2.42 bits per heavy atom. The van der Waals surface area contributed by atoms with Crippen molar-refractivity contribution in [3.05, 3.63) is 30.3 Å².